The molecule has 5 N–H and O–H groups in total. The first-order valence-electron chi connectivity index (χ1n) is 4.23. The minimum atomic E-state index is -1.29. The van der Waals surface area contributed by atoms with Gasteiger partial charge in [0, 0.05) is 11.1 Å². The molecule has 0 unspecified atom stereocenters. The van der Waals surface area contributed by atoms with Crippen LogP contribution in [-0.2, 0) is 0 Å². The van der Waals surface area contributed by atoms with Gasteiger partial charge in [-0.25, -0.2) is 0 Å². The number of carbonyl (C=O) groups is 1. The van der Waals surface area contributed by atoms with Crippen LogP contribution in [0.4, 0.5) is 10.5 Å². The van der Waals surface area contributed by atoms with Gasteiger partial charge in [0.15, 0.2) is 0 Å². The van der Waals surface area contributed by atoms with Crippen LogP contribution in [-0.4, -0.2) is 6.09 Å². The van der Waals surface area contributed by atoms with Crippen LogP contribution in [0, 0.1) is 0 Å². The summed E-state index contributed by atoms with van der Waals surface area (Å²) < 4.78 is 0. The summed E-state index contributed by atoms with van der Waals surface area (Å²) in [5.74, 6) is 0. The Morgan fingerprint density at radius 3 is 2.47 bits per heavy atom. The number of nitrogens with one attached hydrogen (secondary N) is 1. The third-order valence-corrected chi connectivity index (χ3v) is 2.03. The van der Waals surface area contributed by atoms with Crippen LogP contribution >= 0.6 is 0 Å². The highest BCUT2D eigenvalue weighted by atomic mass is 16.4. The number of amides is 1. The topological polar surface area (TPSA) is 88.7 Å². The quantitative estimate of drug-likeness (QED) is 0.743. The molecule has 2 aromatic carbocycles. The van der Waals surface area contributed by atoms with Gasteiger partial charge >= 0.3 is 0 Å². The summed E-state index contributed by atoms with van der Waals surface area (Å²) in [4.78, 5) is 10.4. The number of rotatable bonds is 1. The van der Waals surface area contributed by atoms with Crippen LogP contribution in [0.3, 0.4) is 0 Å². The molecule has 4 heteroatoms. The molecule has 0 atom stereocenters. The first kappa shape index (κ1) is 11.0. The maximum atomic E-state index is 10.4. The largest absolute Gasteiger partial charge is 0.530 e. The molecule has 0 aliphatic rings. The number of benzene rings is 2. The van der Waals surface area contributed by atoms with E-state index in [0.29, 0.717) is 5.69 Å². The van der Waals surface area contributed by atoms with Gasteiger partial charge in [0.25, 0.3) is 0 Å². The van der Waals surface area contributed by atoms with Crippen molar-refractivity contribution < 1.29 is 9.90 Å². The molecule has 0 aromatic heterocycles. The van der Waals surface area contributed by atoms with Crippen molar-refractivity contribution >= 4 is 22.6 Å². The zero-order valence-electron chi connectivity index (χ0n) is 8.36. The van der Waals surface area contributed by atoms with Crippen LogP contribution in [0.25, 0.3) is 10.8 Å². The number of carboxylic acid groups (broad SMARTS) is 1. The maximum absolute atomic E-state index is 10.4. The van der Waals surface area contributed by atoms with E-state index in [4.69, 9.17) is 0 Å². The fourth-order valence-electron chi connectivity index (χ4n) is 1.44. The fourth-order valence-corrected chi connectivity index (χ4v) is 1.44. The van der Waals surface area contributed by atoms with E-state index < -0.39 is 6.09 Å². The van der Waals surface area contributed by atoms with E-state index in [2.05, 4.69) is 5.32 Å². The third-order valence-electron chi connectivity index (χ3n) is 2.03. The molecule has 0 spiro atoms. The lowest BCUT2D eigenvalue weighted by Gasteiger charge is -2.09. The summed E-state index contributed by atoms with van der Waals surface area (Å²) in [5.41, 5.74) is 0.558. The molecule has 0 bridgehead atoms. The minimum absolute atomic E-state index is 0. The van der Waals surface area contributed by atoms with Gasteiger partial charge in [-0.2, -0.15) is 0 Å². The predicted octanol–water partition coefficient (Wildman–Crippen LogP) is 1.97. The Labute approximate surface area is 87.1 Å². The molecule has 0 aliphatic carbocycles. The average molecular weight is 204 g/mol. The van der Waals surface area contributed by atoms with E-state index >= 15 is 0 Å². The summed E-state index contributed by atoms with van der Waals surface area (Å²) in [7, 11) is 0. The van der Waals surface area contributed by atoms with Crippen LogP contribution in [0.15, 0.2) is 42.5 Å². The lowest BCUT2D eigenvalue weighted by molar-refractivity contribution is -0.242. The van der Waals surface area contributed by atoms with E-state index in [-0.39, 0.29) is 6.15 Å². The number of anilines is 1. The Morgan fingerprint density at radius 1 is 1.07 bits per heavy atom. The molecule has 1 amide bonds. The van der Waals surface area contributed by atoms with Crippen molar-refractivity contribution in [3.05, 3.63) is 42.5 Å². The van der Waals surface area contributed by atoms with Crippen molar-refractivity contribution in [2.24, 2.45) is 0 Å². The average Bonchev–Trinajstić information content (AvgIpc) is 2.18. The Bertz CT molecular complexity index is 477. The molecule has 2 aromatic rings. The van der Waals surface area contributed by atoms with E-state index in [0.717, 1.165) is 10.8 Å². The van der Waals surface area contributed by atoms with E-state index in [1.807, 2.05) is 30.3 Å². The highest BCUT2D eigenvalue weighted by Crippen LogP contribution is 2.22. The Morgan fingerprint density at radius 2 is 1.73 bits per heavy atom. The van der Waals surface area contributed by atoms with E-state index in [1.54, 1.807) is 12.1 Å². The molecule has 4 nitrogen and oxygen atoms in total. The van der Waals surface area contributed by atoms with Crippen LogP contribution in [0.2, 0.25) is 0 Å². The van der Waals surface area contributed by atoms with Crippen molar-refractivity contribution in [2.75, 3.05) is 5.32 Å². The van der Waals surface area contributed by atoms with E-state index in [9.17, 15) is 9.90 Å². The monoisotopic (exact) mass is 204 g/mol. The summed E-state index contributed by atoms with van der Waals surface area (Å²) in [6.45, 7) is 0. The molecule has 0 saturated heterocycles. The third kappa shape index (κ3) is 2.24. The zero-order valence-corrected chi connectivity index (χ0v) is 8.36. The number of hydrogen-bond donors (Lipinski definition) is 2. The number of hydrogen-bond acceptors (Lipinski definition) is 2. The molecular formula is C11H12N2O2. The number of fused-ring (bicyclic) bond motifs is 1. The highest BCUT2D eigenvalue weighted by molar-refractivity contribution is 5.99. The molecule has 0 radical (unpaired) electrons. The van der Waals surface area contributed by atoms with Gasteiger partial charge < -0.3 is 21.4 Å². The van der Waals surface area contributed by atoms with Gasteiger partial charge in [0.05, 0.1) is 0 Å². The normalized spacial score (nSPS) is 9.33. The molecule has 0 aliphatic heterocycles. The smallest absolute Gasteiger partial charge is 0.138 e. The predicted molar refractivity (Wildman–Crippen MR) is 59.0 cm³/mol. The summed E-state index contributed by atoms with van der Waals surface area (Å²) in [6, 6.07) is 13.0. The fraction of sp³-hybridized carbons (Fsp3) is 0. The lowest BCUT2D eigenvalue weighted by Crippen LogP contribution is -2.28. The second-order valence-corrected chi connectivity index (χ2v) is 2.94. The van der Waals surface area contributed by atoms with Crippen molar-refractivity contribution in [1.29, 1.82) is 0 Å². The van der Waals surface area contributed by atoms with Crippen molar-refractivity contribution in [3.63, 3.8) is 0 Å². The van der Waals surface area contributed by atoms with Gasteiger partial charge in [0.2, 0.25) is 0 Å². The Hall–Kier alpha value is -2.07. The van der Waals surface area contributed by atoms with E-state index in [1.165, 1.54) is 0 Å². The summed E-state index contributed by atoms with van der Waals surface area (Å²) in [6.07, 6.45) is -1.29. The van der Waals surface area contributed by atoms with Gasteiger partial charge in [-0.05, 0) is 11.5 Å². The van der Waals surface area contributed by atoms with Gasteiger partial charge in [-0.15, -0.1) is 0 Å². The van der Waals surface area contributed by atoms with Gasteiger partial charge in [-0.1, -0.05) is 36.4 Å². The molecular weight excluding hydrogens is 192 g/mol. The lowest BCUT2D eigenvalue weighted by atomic mass is 10.1. The first-order valence-corrected chi connectivity index (χ1v) is 4.23. The minimum Gasteiger partial charge on any atom is -0.530 e. The molecule has 2 rings (SSSR count). The van der Waals surface area contributed by atoms with Gasteiger partial charge in [-0.3, -0.25) is 0 Å². The number of carbonyl (C=O) groups excluding carboxylic acids is 1. The van der Waals surface area contributed by atoms with Crippen LogP contribution in [0.5, 0.6) is 0 Å². The second kappa shape index (κ2) is 4.43. The van der Waals surface area contributed by atoms with Crippen LogP contribution < -0.4 is 16.6 Å². The van der Waals surface area contributed by atoms with Gasteiger partial charge in [0.1, 0.15) is 6.09 Å². The number of quaternary nitrogens is 1. The molecule has 15 heavy (non-hydrogen) atoms. The summed E-state index contributed by atoms with van der Waals surface area (Å²) in [5, 5.41) is 14.5. The van der Waals surface area contributed by atoms with Crippen molar-refractivity contribution in [1.82, 2.24) is 6.15 Å². The standard InChI is InChI=1S/C11H9NO2.H3N/c13-11(14)12-10-7-3-5-8-4-1-2-6-9(8)10;/h1-7,12H,(H,13,14);1H3. The zero-order chi connectivity index (χ0) is 9.97. The summed E-state index contributed by atoms with van der Waals surface area (Å²) >= 11 is 0. The molecule has 78 valence electrons. The Balaban J connectivity index is 0.00000112. The SMILES string of the molecule is O=C([O-])Nc1cccc2ccccc12.[NH4+]. The van der Waals surface area contributed by atoms with Crippen molar-refractivity contribution in [3.8, 4) is 0 Å². The molecule has 0 saturated carbocycles. The Kier molecular flexibility index (Phi) is 3.25. The highest BCUT2D eigenvalue weighted by Gasteiger charge is 1.98. The second-order valence-electron chi connectivity index (χ2n) is 2.94. The first-order chi connectivity index (χ1) is 6.77. The maximum Gasteiger partial charge on any atom is 0.138 e. The molecule has 0 fully saturated rings. The van der Waals surface area contributed by atoms with Crippen molar-refractivity contribution in [2.45, 2.75) is 0 Å². The molecule has 0 heterocycles. The van der Waals surface area contributed by atoms with Crippen LogP contribution in [0.1, 0.15) is 0 Å².